The summed E-state index contributed by atoms with van der Waals surface area (Å²) in [7, 11) is 0. The molecule has 11 rings (SSSR count). The molecule has 0 unspecified atom stereocenters. The maximum atomic E-state index is 5.23. The van der Waals surface area contributed by atoms with E-state index in [-0.39, 0.29) is 0 Å². The Balaban J connectivity index is 1.01. The molecule has 1 aliphatic heterocycles. The second kappa shape index (κ2) is 14.3. The Hall–Kier alpha value is -7.40. The molecule has 0 amide bonds. The predicted octanol–water partition coefficient (Wildman–Crippen LogP) is 14.3. The third-order valence-corrected chi connectivity index (χ3v) is 12.3. The van der Waals surface area contributed by atoms with E-state index < -0.39 is 0 Å². The van der Waals surface area contributed by atoms with Crippen LogP contribution in [0.2, 0.25) is 0 Å². The van der Waals surface area contributed by atoms with Crippen LogP contribution in [0.3, 0.4) is 0 Å². The second-order valence-corrected chi connectivity index (χ2v) is 15.6. The molecule has 0 N–H and O–H groups in total. The van der Waals surface area contributed by atoms with E-state index in [0.717, 1.165) is 33.8 Å². The number of fused-ring (bicyclic) bond motifs is 6. The smallest absolute Gasteiger partial charge is 0.160 e. The zero-order valence-corrected chi connectivity index (χ0v) is 32.3. The summed E-state index contributed by atoms with van der Waals surface area (Å²) in [6.07, 6.45) is 6.24. The van der Waals surface area contributed by atoms with E-state index in [4.69, 9.17) is 9.98 Å². The molecule has 0 fully saturated rings. The fraction of sp³-hybridized carbons (Fsp3) is 0. The molecule has 3 heterocycles. The highest BCUT2D eigenvalue weighted by atomic mass is 32.1. The molecule has 0 radical (unpaired) electrons. The topological polar surface area (TPSA) is 29.6 Å². The van der Waals surface area contributed by atoms with Crippen molar-refractivity contribution in [2.24, 2.45) is 9.98 Å². The summed E-state index contributed by atoms with van der Waals surface area (Å²) in [6.45, 7) is 0. The summed E-state index contributed by atoms with van der Waals surface area (Å²) in [6, 6.07) is 69.2. The first-order valence-electron chi connectivity index (χ1n) is 19.6. The molecule has 3 nitrogen and oxygen atoms in total. The third kappa shape index (κ3) is 5.99. The van der Waals surface area contributed by atoms with Gasteiger partial charge in [-0.3, -0.25) is 0 Å². The van der Waals surface area contributed by atoms with Crippen LogP contribution in [0.1, 0.15) is 16.7 Å². The normalized spacial score (nSPS) is 13.1. The van der Waals surface area contributed by atoms with Crippen molar-refractivity contribution in [3.05, 3.63) is 229 Å². The predicted molar refractivity (Wildman–Crippen MR) is 248 cm³/mol. The van der Waals surface area contributed by atoms with Crippen molar-refractivity contribution in [2.75, 3.05) is 0 Å². The standard InChI is InChI=1S/C54H35N3S/c1-4-14-36(15-5-1)37-26-30-42(31-27-37)57-50-25-11-10-20-44(50)45-32-28-40(35-51(45)57)43-21-12-22-46-47-34-41(29-33-52(47)58-53(43)46)49-24-13-23-48(38-16-6-2-7-17-38)55-54(56-49)39-18-8-3-9-19-39/h1-35H. The molecule has 0 atom stereocenters. The van der Waals surface area contributed by atoms with Gasteiger partial charge in [0.15, 0.2) is 5.84 Å². The average Bonchev–Trinajstić information content (AvgIpc) is 3.83. The van der Waals surface area contributed by atoms with Crippen molar-refractivity contribution in [1.82, 2.24) is 4.57 Å². The Labute approximate surface area is 340 Å². The molecule has 1 aliphatic rings. The van der Waals surface area contributed by atoms with Crippen LogP contribution in [0.4, 0.5) is 0 Å². The fourth-order valence-corrected chi connectivity index (χ4v) is 9.46. The zero-order chi connectivity index (χ0) is 38.4. The van der Waals surface area contributed by atoms with Gasteiger partial charge in [-0.25, -0.2) is 9.98 Å². The molecule has 0 bridgehead atoms. The van der Waals surface area contributed by atoms with E-state index >= 15 is 0 Å². The van der Waals surface area contributed by atoms with Crippen molar-refractivity contribution in [3.8, 4) is 27.9 Å². The molecule has 8 aromatic carbocycles. The Morgan fingerprint density at radius 2 is 1.05 bits per heavy atom. The maximum absolute atomic E-state index is 5.23. The van der Waals surface area contributed by atoms with Crippen molar-refractivity contribution < 1.29 is 0 Å². The van der Waals surface area contributed by atoms with Crippen molar-refractivity contribution in [2.45, 2.75) is 0 Å². The maximum Gasteiger partial charge on any atom is 0.160 e. The molecule has 0 spiro atoms. The molecule has 10 aromatic rings. The minimum atomic E-state index is 0.688. The summed E-state index contributed by atoms with van der Waals surface area (Å²) in [4.78, 5) is 10.3. The van der Waals surface area contributed by atoms with Crippen LogP contribution in [-0.4, -0.2) is 16.1 Å². The molecule has 58 heavy (non-hydrogen) atoms. The van der Waals surface area contributed by atoms with E-state index in [2.05, 4.69) is 181 Å². The van der Waals surface area contributed by atoms with Crippen LogP contribution in [0.25, 0.3) is 75.6 Å². The van der Waals surface area contributed by atoms with Gasteiger partial charge in [0.1, 0.15) is 0 Å². The second-order valence-electron chi connectivity index (χ2n) is 14.6. The van der Waals surface area contributed by atoms with Crippen LogP contribution in [0, 0.1) is 0 Å². The van der Waals surface area contributed by atoms with Crippen LogP contribution in [-0.2, 0) is 0 Å². The van der Waals surface area contributed by atoms with E-state index in [9.17, 15) is 0 Å². The highest BCUT2D eigenvalue weighted by molar-refractivity contribution is 7.26. The summed E-state index contributed by atoms with van der Waals surface area (Å²) < 4.78 is 4.94. The average molecular weight is 758 g/mol. The fourth-order valence-electron chi connectivity index (χ4n) is 8.24. The lowest BCUT2D eigenvalue weighted by Gasteiger charge is -2.11. The number of nitrogens with zero attached hydrogens (tertiary/aromatic N) is 3. The highest BCUT2D eigenvalue weighted by Crippen LogP contribution is 2.43. The molecule has 0 saturated heterocycles. The zero-order valence-electron chi connectivity index (χ0n) is 31.5. The number of hydrogen-bond acceptors (Lipinski definition) is 3. The van der Waals surface area contributed by atoms with Gasteiger partial charge < -0.3 is 4.57 Å². The van der Waals surface area contributed by atoms with Gasteiger partial charge in [0.05, 0.1) is 22.4 Å². The molecule has 4 heteroatoms. The van der Waals surface area contributed by atoms with Gasteiger partial charge in [-0.2, -0.15) is 0 Å². The Morgan fingerprint density at radius 1 is 0.414 bits per heavy atom. The first kappa shape index (κ1) is 33.9. The molecule has 2 aromatic heterocycles. The van der Waals surface area contributed by atoms with E-state index in [1.807, 2.05) is 47.7 Å². The number of hydrogen-bond donors (Lipinski definition) is 0. The number of benzene rings is 8. The lowest BCUT2D eigenvalue weighted by atomic mass is 10.00. The van der Waals surface area contributed by atoms with Crippen molar-refractivity contribution in [3.63, 3.8) is 0 Å². The third-order valence-electron chi connectivity index (χ3n) is 11.1. The van der Waals surface area contributed by atoms with Gasteiger partial charge >= 0.3 is 0 Å². The summed E-state index contributed by atoms with van der Waals surface area (Å²) in [5.41, 5.74) is 13.2. The molecule has 272 valence electrons. The highest BCUT2D eigenvalue weighted by Gasteiger charge is 2.17. The summed E-state index contributed by atoms with van der Waals surface area (Å²) in [5.74, 6) is 0.688. The van der Waals surface area contributed by atoms with Gasteiger partial charge in [-0.15, -0.1) is 11.3 Å². The van der Waals surface area contributed by atoms with Crippen LogP contribution in [0.15, 0.2) is 222 Å². The van der Waals surface area contributed by atoms with E-state index in [1.54, 1.807) is 0 Å². The van der Waals surface area contributed by atoms with Crippen molar-refractivity contribution >= 4 is 70.6 Å². The van der Waals surface area contributed by atoms with Crippen LogP contribution >= 0.6 is 11.3 Å². The molecule has 0 saturated carbocycles. The summed E-state index contributed by atoms with van der Waals surface area (Å²) >= 11 is 1.85. The molecular formula is C54H35N3S. The lowest BCUT2D eigenvalue weighted by molar-refractivity contribution is 1.18. The van der Waals surface area contributed by atoms with Gasteiger partial charge in [0, 0.05) is 53.3 Å². The first-order chi connectivity index (χ1) is 28.7. The van der Waals surface area contributed by atoms with E-state index in [0.29, 0.717) is 5.84 Å². The summed E-state index contributed by atoms with van der Waals surface area (Å²) in [5, 5.41) is 4.97. The monoisotopic (exact) mass is 757 g/mol. The quantitative estimate of drug-likeness (QED) is 0.162. The Bertz CT molecular complexity index is 3290. The number of thiophene rings is 1. The van der Waals surface area contributed by atoms with Crippen molar-refractivity contribution in [1.29, 1.82) is 0 Å². The SMILES string of the molecule is C1=CC(c2ccccc2)=NC(c2ccccc2)=NC(c2ccc3sc4c(-c5ccc6c7ccccc7n(-c7ccc(-c8ccccc8)cc7)c6c5)cccc4c3c2)=C1. The van der Waals surface area contributed by atoms with Gasteiger partial charge in [0.2, 0.25) is 0 Å². The Kier molecular flexibility index (Phi) is 8.34. The number of rotatable bonds is 6. The molecular weight excluding hydrogens is 723 g/mol. The van der Waals surface area contributed by atoms with Gasteiger partial charge in [-0.05, 0) is 70.8 Å². The molecule has 0 aliphatic carbocycles. The minimum absolute atomic E-state index is 0.688. The largest absolute Gasteiger partial charge is 0.309 e. The van der Waals surface area contributed by atoms with E-state index in [1.165, 1.54) is 64.2 Å². The van der Waals surface area contributed by atoms with Crippen LogP contribution < -0.4 is 0 Å². The number of allylic oxidation sites excluding steroid dienone is 3. The number of amidine groups is 1. The number of aliphatic imine (C=N–C) groups is 2. The van der Waals surface area contributed by atoms with Gasteiger partial charge in [-0.1, -0.05) is 164 Å². The number of para-hydroxylation sites is 1. The van der Waals surface area contributed by atoms with Gasteiger partial charge in [0.25, 0.3) is 0 Å². The minimum Gasteiger partial charge on any atom is -0.309 e. The lowest BCUT2D eigenvalue weighted by Crippen LogP contribution is -2.06. The van der Waals surface area contributed by atoms with Crippen LogP contribution in [0.5, 0.6) is 0 Å². The Morgan fingerprint density at radius 3 is 1.84 bits per heavy atom. The first-order valence-corrected chi connectivity index (χ1v) is 20.4. The number of aromatic nitrogens is 1.